The van der Waals surface area contributed by atoms with E-state index >= 15 is 0 Å². The molecule has 96 valence electrons. The molecule has 0 aromatic heterocycles. The fourth-order valence-corrected chi connectivity index (χ4v) is 3.35. The van der Waals surface area contributed by atoms with E-state index in [9.17, 15) is 14.7 Å². The minimum Gasteiger partial charge on any atom is -0.465 e. The highest BCUT2D eigenvalue weighted by Crippen LogP contribution is 2.58. The molecule has 1 saturated carbocycles. The van der Waals surface area contributed by atoms with Crippen LogP contribution >= 0.6 is 0 Å². The molecule has 1 amide bonds. The minimum atomic E-state index is -1.38. The van der Waals surface area contributed by atoms with Crippen molar-refractivity contribution in [1.29, 1.82) is 0 Å². The molecule has 2 aliphatic rings. The van der Waals surface area contributed by atoms with Crippen LogP contribution in [0.2, 0.25) is 0 Å². The predicted molar refractivity (Wildman–Crippen MR) is 59.8 cm³/mol. The second-order valence-electron chi connectivity index (χ2n) is 5.10. The summed E-state index contributed by atoms with van der Waals surface area (Å²) in [6.45, 7) is 3.87. The lowest BCUT2D eigenvalue weighted by molar-refractivity contribution is -0.190. The standard InChI is InChI=1S/C12H19NO4/c1-4-17-10(15)11-6-5-8(2)12(11,16)13(3)9(14)7-11/h8,16H,4-7H2,1-3H3/t8-,11-,12+/m1/s1. The van der Waals surface area contributed by atoms with Crippen LogP contribution in [0.5, 0.6) is 0 Å². The Morgan fingerprint density at radius 2 is 2.29 bits per heavy atom. The fourth-order valence-electron chi connectivity index (χ4n) is 3.35. The first kappa shape index (κ1) is 12.4. The van der Waals surface area contributed by atoms with Gasteiger partial charge in [0, 0.05) is 19.4 Å². The monoisotopic (exact) mass is 241 g/mol. The zero-order chi connectivity index (χ0) is 12.8. The molecule has 1 saturated heterocycles. The number of carbonyl (C=O) groups excluding carboxylic acids is 2. The molecule has 1 N–H and O–H groups in total. The van der Waals surface area contributed by atoms with Gasteiger partial charge in [0.25, 0.3) is 0 Å². The molecule has 1 heterocycles. The Bertz CT molecular complexity index is 370. The van der Waals surface area contributed by atoms with Gasteiger partial charge in [0.05, 0.1) is 6.61 Å². The molecule has 0 aromatic carbocycles. The molecule has 1 aliphatic carbocycles. The highest BCUT2D eigenvalue weighted by Gasteiger charge is 2.71. The zero-order valence-corrected chi connectivity index (χ0v) is 10.5. The van der Waals surface area contributed by atoms with E-state index in [0.29, 0.717) is 6.42 Å². The van der Waals surface area contributed by atoms with Gasteiger partial charge in [0.2, 0.25) is 5.91 Å². The van der Waals surface area contributed by atoms with E-state index in [1.165, 1.54) is 4.90 Å². The molecule has 1 aliphatic heterocycles. The van der Waals surface area contributed by atoms with Crippen LogP contribution in [-0.2, 0) is 14.3 Å². The number of amides is 1. The highest BCUT2D eigenvalue weighted by atomic mass is 16.5. The number of aliphatic hydroxyl groups is 1. The maximum absolute atomic E-state index is 12.1. The van der Waals surface area contributed by atoms with Crippen molar-refractivity contribution < 1.29 is 19.4 Å². The van der Waals surface area contributed by atoms with Gasteiger partial charge in [-0.05, 0) is 19.8 Å². The summed E-state index contributed by atoms with van der Waals surface area (Å²) in [5.74, 6) is -0.736. The van der Waals surface area contributed by atoms with Crippen molar-refractivity contribution in [3.05, 3.63) is 0 Å². The number of fused-ring (bicyclic) bond motifs is 1. The Labute approximate surface area is 101 Å². The van der Waals surface area contributed by atoms with Crippen LogP contribution in [0.3, 0.4) is 0 Å². The predicted octanol–water partition coefficient (Wildman–Crippen LogP) is 0.516. The van der Waals surface area contributed by atoms with Gasteiger partial charge in [0.1, 0.15) is 5.41 Å². The van der Waals surface area contributed by atoms with E-state index in [1.54, 1.807) is 14.0 Å². The van der Waals surface area contributed by atoms with E-state index in [0.717, 1.165) is 6.42 Å². The lowest BCUT2D eigenvalue weighted by atomic mass is 9.78. The summed E-state index contributed by atoms with van der Waals surface area (Å²) in [5.41, 5.74) is -2.44. The SMILES string of the molecule is CCOC(=O)[C@]12CC[C@@H](C)[C@@]1(O)N(C)C(=O)C2. The Balaban J connectivity index is 2.44. The van der Waals surface area contributed by atoms with Gasteiger partial charge in [-0.1, -0.05) is 6.92 Å². The summed E-state index contributed by atoms with van der Waals surface area (Å²) >= 11 is 0. The number of likely N-dealkylation sites (tertiary alicyclic amines) is 1. The van der Waals surface area contributed by atoms with Gasteiger partial charge in [-0.25, -0.2) is 0 Å². The van der Waals surface area contributed by atoms with Crippen LogP contribution in [0, 0.1) is 11.3 Å². The van der Waals surface area contributed by atoms with Crippen molar-refractivity contribution >= 4 is 11.9 Å². The van der Waals surface area contributed by atoms with Crippen LogP contribution in [0.15, 0.2) is 0 Å². The molecule has 5 heteroatoms. The molecule has 2 fully saturated rings. The molecule has 0 aromatic rings. The van der Waals surface area contributed by atoms with Gasteiger partial charge in [0.15, 0.2) is 5.72 Å². The van der Waals surface area contributed by atoms with Crippen LogP contribution in [0.1, 0.15) is 33.1 Å². The third-order valence-corrected chi connectivity index (χ3v) is 4.40. The van der Waals surface area contributed by atoms with Gasteiger partial charge in [-0.2, -0.15) is 0 Å². The minimum absolute atomic E-state index is 0.0587. The number of carbonyl (C=O) groups is 2. The molecule has 0 bridgehead atoms. The topological polar surface area (TPSA) is 66.8 Å². The van der Waals surface area contributed by atoms with Crippen LogP contribution in [-0.4, -0.2) is 41.3 Å². The van der Waals surface area contributed by atoms with Crippen LogP contribution < -0.4 is 0 Å². The summed E-state index contributed by atoms with van der Waals surface area (Å²) in [5, 5.41) is 10.8. The summed E-state index contributed by atoms with van der Waals surface area (Å²) < 4.78 is 5.06. The molecule has 0 unspecified atom stereocenters. The summed E-state index contributed by atoms with van der Waals surface area (Å²) in [6, 6.07) is 0. The summed E-state index contributed by atoms with van der Waals surface area (Å²) in [6.07, 6.45) is 1.30. The number of hydrogen-bond donors (Lipinski definition) is 1. The van der Waals surface area contributed by atoms with Crippen molar-refractivity contribution in [3.8, 4) is 0 Å². The second-order valence-corrected chi connectivity index (χ2v) is 5.10. The molecule has 2 rings (SSSR count). The van der Waals surface area contributed by atoms with Crippen molar-refractivity contribution in [2.45, 2.75) is 38.8 Å². The third-order valence-electron chi connectivity index (χ3n) is 4.40. The quantitative estimate of drug-likeness (QED) is 0.716. The van der Waals surface area contributed by atoms with E-state index < -0.39 is 17.1 Å². The van der Waals surface area contributed by atoms with Crippen LogP contribution in [0.25, 0.3) is 0 Å². The maximum Gasteiger partial charge on any atom is 0.317 e. The summed E-state index contributed by atoms with van der Waals surface area (Å²) in [7, 11) is 1.56. The Morgan fingerprint density at radius 3 is 2.88 bits per heavy atom. The lowest BCUT2D eigenvalue weighted by Gasteiger charge is -2.39. The van der Waals surface area contributed by atoms with Gasteiger partial charge < -0.3 is 14.7 Å². The summed E-state index contributed by atoms with van der Waals surface area (Å²) in [4.78, 5) is 25.3. The van der Waals surface area contributed by atoms with Crippen molar-refractivity contribution in [2.24, 2.45) is 11.3 Å². The largest absolute Gasteiger partial charge is 0.465 e. The van der Waals surface area contributed by atoms with Crippen LogP contribution in [0.4, 0.5) is 0 Å². The number of hydrogen-bond acceptors (Lipinski definition) is 4. The van der Waals surface area contributed by atoms with Gasteiger partial charge >= 0.3 is 5.97 Å². The van der Waals surface area contributed by atoms with E-state index in [2.05, 4.69) is 0 Å². The van der Waals surface area contributed by atoms with Gasteiger partial charge in [-0.15, -0.1) is 0 Å². The first-order chi connectivity index (χ1) is 7.90. The molecule has 5 nitrogen and oxygen atoms in total. The first-order valence-corrected chi connectivity index (χ1v) is 6.06. The average Bonchev–Trinajstić information content (AvgIpc) is 2.65. The second kappa shape index (κ2) is 3.70. The molecule has 0 spiro atoms. The molecular formula is C12H19NO4. The van der Waals surface area contributed by atoms with Crippen molar-refractivity contribution in [1.82, 2.24) is 4.90 Å². The van der Waals surface area contributed by atoms with Gasteiger partial charge in [-0.3, -0.25) is 9.59 Å². The lowest BCUT2D eigenvalue weighted by Crippen LogP contribution is -2.56. The Hall–Kier alpha value is -1.10. The Morgan fingerprint density at radius 1 is 1.65 bits per heavy atom. The zero-order valence-electron chi connectivity index (χ0n) is 10.5. The van der Waals surface area contributed by atoms with Crippen molar-refractivity contribution in [3.63, 3.8) is 0 Å². The van der Waals surface area contributed by atoms with E-state index in [-0.39, 0.29) is 24.9 Å². The Kier molecular flexibility index (Phi) is 2.69. The molecule has 17 heavy (non-hydrogen) atoms. The maximum atomic E-state index is 12.1. The number of esters is 1. The number of nitrogens with zero attached hydrogens (tertiary/aromatic N) is 1. The highest BCUT2D eigenvalue weighted by molar-refractivity contribution is 5.92. The number of rotatable bonds is 2. The van der Waals surface area contributed by atoms with Crippen molar-refractivity contribution in [2.75, 3.05) is 13.7 Å². The smallest absolute Gasteiger partial charge is 0.317 e. The first-order valence-electron chi connectivity index (χ1n) is 6.06. The molecular weight excluding hydrogens is 222 g/mol. The average molecular weight is 241 g/mol. The normalized spacial score (nSPS) is 40.6. The third kappa shape index (κ3) is 1.29. The van der Waals surface area contributed by atoms with E-state index in [4.69, 9.17) is 4.74 Å². The number of ether oxygens (including phenoxy) is 1. The molecule has 0 radical (unpaired) electrons. The fraction of sp³-hybridized carbons (Fsp3) is 0.833. The molecule has 3 atom stereocenters. The van der Waals surface area contributed by atoms with E-state index in [1.807, 2.05) is 6.92 Å².